The van der Waals surface area contributed by atoms with E-state index in [1.54, 1.807) is 19.2 Å². The molecule has 0 saturated carbocycles. The van der Waals surface area contributed by atoms with E-state index in [4.69, 9.17) is 14.2 Å². The summed E-state index contributed by atoms with van der Waals surface area (Å²) in [6, 6.07) is 15.7. The minimum absolute atomic E-state index is 0.0860. The van der Waals surface area contributed by atoms with Crippen LogP contribution in [0.4, 0.5) is 0 Å². The maximum absolute atomic E-state index is 13.8. The molecule has 1 unspecified atom stereocenters. The predicted octanol–water partition coefficient (Wildman–Crippen LogP) is 3.31. The number of hydrogen-bond acceptors (Lipinski definition) is 5. The van der Waals surface area contributed by atoms with Crippen molar-refractivity contribution in [2.75, 3.05) is 27.9 Å². The van der Waals surface area contributed by atoms with Crippen LogP contribution in [0, 0.1) is 0 Å². The molecular formula is C22H24N2O5S. The van der Waals surface area contributed by atoms with Crippen molar-refractivity contribution < 1.29 is 22.6 Å². The summed E-state index contributed by atoms with van der Waals surface area (Å²) in [4.78, 5) is 0.0860. The summed E-state index contributed by atoms with van der Waals surface area (Å²) in [6.45, 7) is 0.904. The molecule has 0 spiro atoms. The Bertz CT molecular complexity index is 1140. The Balaban J connectivity index is 1.85. The third-order valence-electron chi connectivity index (χ3n) is 5.38. The van der Waals surface area contributed by atoms with Gasteiger partial charge in [0.25, 0.3) is 0 Å². The number of benzene rings is 2. The van der Waals surface area contributed by atoms with Crippen LogP contribution in [0.2, 0.25) is 0 Å². The van der Waals surface area contributed by atoms with Gasteiger partial charge in [0.2, 0.25) is 10.0 Å². The molecule has 0 N–H and O–H groups in total. The molecule has 0 bridgehead atoms. The van der Waals surface area contributed by atoms with Gasteiger partial charge in [-0.05, 0) is 42.0 Å². The zero-order chi connectivity index (χ0) is 21.3. The molecule has 158 valence electrons. The standard InChI is InChI=1S/C22H24N2O5S/c1-27-17-8-6-16(7-9-17)22-19-5-4-12-23(19)13-14-24(22)30(25,26)21-15-18(28-2)10-11-20(21)29-3/h4-12,15,22H,13-14H2,1-3H3. The zero-order valence-electron chi connectivity index (χ0n) is 17.1. The molecular weight excluding hydrogens is 404 g/mol. The highest BCUT2D eigenvalue weighted by atomic mass is 32.2. The van der Waals surface area contributed by atoms with Crippen LogP contribution in [-0.2, 0) is 16.6 Å². The first-order chi connectivity index (χ1) is 14.5. The average molecular weight is 429 g/mol. The summed E-state index contributed by atoms with van der Waals surface area (Å²) in [7, 11) is 0.684. The molecule has 0 aliphatic carbocycles. The van der Waals surface area contributed by atoms with Crippen LogP contribution in [0.5, 0.6) is 17.2 Å². The van der Waals surface area contributed by atoms with Gasteiger partial charge in [0.15, 0.2) is 0 Å². The Morgan fingerprint density at radius 1 is 0.867 bits per heavy atom. The lowest BCUT2D eigenvalue weighted by atomic mass is 10.0. The van der Waals surface area contributed by atoms with Crippen LogP contribution in [0.1, 0.15) is 17.3 Å². The second-order valence-electron chi connectivity index (χ2n) is 6.93. The first-order valence-electron chi connectivity index (χ1n) is 9.52. The lowest BCUT2D eigenvalue weighted by Crippen LogP contribution is -2.42. The van der Waals surface area contributed by atoms with E-state index in [0.717, 1.165) is 11.3 Å². The van der Waals surface area contributed by atoms with Gasteiger partial charge >= 0.3 is 0 Å². The molecule has 1 aliphatic heterocycles. The van der Waals surface area contributed by atoms with Crippen molar-refractivity contribution in [3.8, 4) is 17.2 Å². The molecule has 7 nitrogen and oxygen atoms in total. The fourth-order valence-corrected chi connectivity index (χ4v) is 5.61. The molecule has 1 aliphatic rings. The van der Waals surface area contributed by atoms with Crippen molar-refractivity contribution in [2.24, 2.45) is 0 Å². The Morgan fingerprint density at radius 3 is 2.23 bits per heavy atom. The number of hydrogen-bond donors (Lipinski definition) is 0. The van der Waals surface area contributed by atoms with Gasteiger partial charge < -0.3 is 18.8 Å². The van der Waals surface area contributed by atoms with Gasteiger partial charge in [-0.2, -0.15) is 4.31 Å². The molecule has 30 heavy (non-hydrogen) atoms. The van der Waals surface area contributed by atoms with E-state index < -0.39 is 16.1 Å². The maximum atomic E-state index is 13.8. The van der Waals surface area contributed by atoms with Gasteiger partial charge in [0, 0.05) is 31.0 Å². The molecule has 2 heterocycles. The normalized spacial score (nSPS) is 16.7. The fraction of sp³-hybridized carbons (Fsp3) is 0.273. The van der Waals surface area contributed by atoms with Crippen molar-refractivity contribution in [3.63, 3.8) is 0 Å². The SMILES string of the molecule is COc1ccc(C2c3cccn3CCN2S(=O)(=O)c2cc(OC)ccc2OC)cc1. The fourth-order valence-electron chi connectivity index (χ4n) is 3.86. The Kier molecular flexibility index (Phi) is 5.44. The van der Waals surface area contributed by atoms with Gasteiger partial charge in [-0.15, -0.1) is 0 Å². The van der Waals surface area contributed by atoms with Crippen LogP contribution < -0.4 is 14.2 Å². The van der Waals surface area contributed by atoms with Crippen LogP contribution in [0.15, 0.2) is 65.7 Å². The molecule has 0 amide bonds. The summed E-state index contributed by atoms with van der Waals surface area (Å²) in [5, 5.41) is 0. The quantitative estimate of drug-likeness (QED) is 0.603. The minimum atomic E-state index is -3.89. The number of methoxy groups -OCH3 is 3. The highest BCUT2D eigenvalue weighted by molar-refractivity contribution is 7.89. The van der Waals surface area contributed by atoms with Gasteiger partial charge in [0.05, 0.1) is 27.4 Å². The van der Waals surface area contributed by atoms with E-state index in [-0.39, 0.29) is 10.6 Å². The van der Waals surface area contributed by atoms with Crippen LogP contribution in [0.25, 0.3) is 0 Å². The topological polar surface area (TPSA) is 70.0 Å². The second kappa shape index (κ2) is 8.04. The van der Waals surface area contributed by atoms with Crippen molar-refractivity contribution in [1.29, 1.82) is 0 Å². The number of fused-ring (bicyclic) bond motifs is 1. The van der Waals surface area contributed by atoms with Crippen LogP contribution in [-0.4, -0.2) is 45.2 Å². The van der Waals surface area contributed by atoms with Crippen LogP contribution >= 0.6 is 0 Å². The molecule has 0 fully saturated rings. The molecule has 1 aromatic heterocycles. The molecule has 2 aromatic carbocycles. The highest BCUT2D eigenvalue weighted by Crippen LogP contribution is 2.39. The first-order valence-corrected chi connectivity index (χ1v) is 11.0. The number of sulfonamides is 1. The van der Waals surface area contributed by atoms with Gasteiger partial charge in [0.1, 0.15) is 22.1 Å². The summed E-state index contributed by atoms with van der Waals surface area (Å²) in [5.41, 5.74) is 1.78. The lowest BCUT2D eigenvalue weighted by molar-refractivity contribution is 0.296. The summed E-state index contributed by atoms with van der Waals surface area (Å²) < 4.78 is 47.2. The lowest BCUT2D eigenvalue weighted by Gasteiger charge is -2.36. The minimum Gasteiger partial charge on any atom is -0.497 e. The predicted molar refractivity (Wildman–Crippen MR) is 113 cm³/mol. The summed E-state index contributed by atoms with van der Waals surface area (Å²) in [6.07, 6.45) is 1.97. The van der Waals surface area contributed by atoms with Gasteiger partial charge in [-0.25, -0.2) is 8.42 Å². The molecule has 8 heteroatoms. The smallest absolute Gasteiger partial charge is 0.247 e. The molecule has 4 rings (SSSR count). The number of ether oxygens (including phenoxy) is 3. The largest absolute Gasteiger partial charge is 0.497 e. The van der Waals surface area contributed by atoms with Gasteiger partial charge in [-0.1, -0.05) is 12.1 Å². The van der Waals surface area contributed by atoms with Crippen molar-refractivity contribution >= 4 is 10.0 Å². The van der Waals surface area contributed by atoms with Crippen molar-refractivity contribution in [3.05, 3.63) is 72.1 Å². The van der Waals surface area contributed by atoms with Gasteiger partial charge in [-0.3, -0.25) is 0 Å². The average Bonchev–Trinajstić information content (AvgIpc) is 3.27. The molecule has 3 aromatic rings. The third-order valence-corrected chi connectivity index (χ3v) is 7.27. The van der Waals surface area contributed by atoms with E-state index in [0.29, 0.717) is 24.6 Å². The second-order valence-corrected chi connectivity index (χ2v) is 8.79. The van der Waals surface area contributed by atoms with Crippen molar-refractivity contribution in [2.45, 2.75) is 17.5 Å². The third kappa shape index (κ3) is 3.42. The van der Waals surface area contributed by atoms with E-state index in [1.807, 2.05) is 42.6 Å². The van der Waals surface area contributed by atoms with E-state index in [1.165, 1.54) is 24.6 Å². The Morgan fingerprint density at radius 2 is 1.57 bits per heavy atom. The van der Waals surface area contributed by atoms with Crippen molar-refractivity contribution in [1.82, 2.24) is 8.87 Å². The molecule has 0 saturated heterocycles. The highest BCUT2D eigenvalue weighted by Gasteiger charge is 2.39. The number of rotatable bonds is 6. The Hall–Kier alpha value is -2.97. The van der Waals surface area contributed by atoms with Crippen LogP contribution in [0.3, 0.4) is 0 Å². The van der Waals surface area contributed by atoms with E-state index in [9.17, 15) is 8.42 Å². The van der Waals surface area contributed by atoms with E-state index in [2.05, 4.69) is 4.57 Å². The summed E-state index contributed by atoms with van der Waals surface area (Å²) in [5.74, 6) is 1.45. The summed E-state index contributed by atoms with van der Waals surface area (Å²) >= 11 is 0. The monoisotopic (exact) mass is 428 g/mol. The number of nitrogens with zero attached hydrogens (tertiary/aromatic N) is 2. The Labute approximate surface area is 176 Å². The molecule has 1 atom stereocenters. The first kappa shape index (κ1) is 20.3. The zero-order valence-corrected chi connectivity index (χ0v) is 17.9. The molecule has 0 radical (unpaired) electrons. The maximum Gasteiger partial charge on any atom is 0.247 e. The number of aromatic nitrogens is 1. The van der Waals surface area contributed by atoms with E-state index >= 15 is 0 Å².